The van der Waals surface area contributed by atoms with Gasteiger partial charge in [0.25, 0.3) is 0 Å². The molecule has 0 saturated heterocycles. The third-order valence-electron chi connectivity index (χ3n) is 2.42. The predicted octanol–water partition coefficient (Wildman–Crippen LogP) is 1.19. The minimum absolute atomic E-state index is 0.407. The lowest BCUT2D eigenvalue weighted by molar-refractivity contribution is -0.210. The molecule has 0 unspecified atom stereocenters. The van der Waals surface area contributed by atoms with Crippen LogP contribution in [-0.2, 0) is 4.74 Å². The Balaban J connectivity index is 2.03. The van der Waals surface area contributed by atoms with Gasteiger partial charge in [-0.1, -0.05) is 0 Å². The Morgan fingerprint density at radius 3 is 2.00 bits per heavy atom. The average Bonchev–Trinajstić information content (AvgIpc) is 1.25. The highest BCUT2D eigenvalue weighted by molar-refractivity contribution is 5.09. The SMILES string of the molecule is COC12CC(C1)C2. The predicted molar refractivity (Wildman–Crippen MR) is 27.1 cm³/mol. The van der Waals surface area contributed by atoms with Crippen molar-refractivity contribution in [3.8, 4) is 0 Å². The Bertz CT molecular complexity index is 75.3. The van der Waals surface area contributed by atoms with E-state index >= 15 is 0 Å². The van der Waals surface area contributed by atoms with Crippen molar-refractivity contribution < 1.29 is 4.74 Å². The Morgan fingerprint density at radius 1 is 1.43 bits per heavy atom. The molecule has 0 atom stereocenters. The summed E-state index contributed by atoms with van der Waals surface area (Å²) in [5.41, 5.74) is 0.407. The van der Waals surface area contributed by atoms with Gasteiger partial charge in [0, 0.05) is 7.11 Å². The van der Waals surface area contributed by atoms with Crippen LogP contribution in [0.5, 0.6) is 0 Å². The lowest BCUT2D eigenvalue weighted by Crippen LogP contribution is -2.59. The summed E-state index contributed by atoms with van der Waals surface area (Å²) in [6.45, 7) is 0. The fourth-order valence-corrected chi connectivity index (χ4v) is 1.65. The zero-order valence-electron chi connectivity index (χ0n) is 4.61. The normalized spacial score (nSPS) is 55.3. The quantitative estimate of drug-likeness (QED) is 0.478. The van der Waals surface area contributed by atoms with E-state index in [1.165, 1.54) is 19.3 Å². The lowest BCUT2D eigenvalue weighted by atomic mass is 9.52. The van der Waals surface area contributed by atoms with E-state index in [-0.39, 0.29) is 0 Å². The van der Waals surface area contributed by atoms with Crippen molar-refractivity contribution in [2.75, 3.05) is 7.11 Å². The van der Waals surface area contributed by atoms with Gasteiger partial charge >= 0.3 is 0 Å². The van der Waals surface area contributed by atoms with Crippen LogP contribution in [0.4, 0.5) is 0 Å². The van der Waals surface area contributed by atoms with Crippen LogP contribution in [0.1, 0.15) is 19.3 Å². The molecule has 0 spiro atoms. The zero-order valence-corrected chi connectivity index (χ0v) is 4.61. The lowest BCUT2D eigenvalue weighted by Gasteiger charge is -2.60. The summed E-state index contributed by atoms with van der Waals surface area (Å²) in [7, 11) is 1.83. The molecule has 0 aliphatic heterocycles. The summed E-state index contributed by atoms with van der Waals surface area (Å²) in [6.07, 6.45) is 4.05. The summed E-state index contributed by atoms with van der Waals surface area (Å²) < 4.78 is 5.24. The fourth-order valence-electron chi connectivity index (χ4n) is 1.65. The summed E-state index contributed by atoms with van der Waals surface area (Å²) in [6, 6.07) is 0. The minimum atomic E-state index is 0.407. The molecule has 2 bridgehead atoms. The number of rotatable bonds is 1. The maximum atomic E-state index is 5.24. The van der Waals surface area contributed by atoms with Gasteiger partial charge in [0.05, 0.1) is 5.60 Å². The van der Waals surface area contributed by atoms with Crippen molar-refractivity contribution >= 4 is 0 Å². The number of methoxy groups -OCH3 is 1. The van der Waals surface area contributed by atoms with E-state index in [9.17, 15) is 0 Å². The van der Waals surface area contributed by atoms with Crippen molar-refractivity contribution in [1.82, 2.24) is 0 Å². The van der Waals surface area contributed by atoms with Crippen LogP contribution in [-0.4, -0.2) is 12.7 Å². The number of hydrogen-bond acceptors (Lipinski definition) is 1. The molecule has 1 heteroatoms. The van der Waals surface area contributed by atoms with Crippen molar-refractivity contribution in [3.05, 3.63) is 0 Å². The standard InChI is InChI=1S/C6H10O/c1-7-6-2-5(3-6)4-6/h5H,2-4H2,1H3. The second kappa shape index (κ2) is 0.873. The third kappa shape index (κ3) is 0.290. The number of ether oxygens (including phenoxy) is 1. The van der Waals surface area contributed by atoms with Crippen LogP contribution >= 0.6 is 0 Å². The molecule has 0 aromatic rings. The molecule has 3 aliphatic rings. The molecule has 0 radical (unpaired) electrons. The van der Waals surface area contributed by atoms with Crippen LogP contribution in [0.2, 0.25) is 0 Å². The molecule has 3 saturated carbocycles. The van der Waals surface area contributed by atoms with Gasteiger partial charge in [-0.3, -0.25) is 0 Å². The number of hydrogen-bond donors (Lipinski definition) is 0. The van der Waals surface area contributed by atoms with Gasteiger partial charge in [-0.15, -0.1) is 0 Å². The zero-order chi connectivity index (χ0) is 4.91. The first-order chi connectivity index (χ1) is 3.35. The second-order valence-electron chi connectivity index (χ2n) is 2.87. The maximum absolute atomic E-state index is 5.24. The van der Waals surface area contributed by atoms with E-state index in [0.29, 0.717) is 5.60 Å². The van der Waals surface area contributed by atoms with Gasteiger partial charge in [-0.05, 0) is 25.2 Å². The van der Waals surface area contributed by atoms with Crippen LogP contribution < -0.4 is 0 Å². The largest absolute Gasteiger partial charge is 0.378 e. The molecule has 0 N–H and O–H groups in total. The van der Waals surface area contributed by atoms with Crippen molar-refractivity contribution in [1.29, 1.82) is 0 Å². The first-order valence-electron chi connectivity index (χ1n) is 2.90. The molecule has 1 nitrogen and oxygen atoms in total. The van der Waals surface area contributed by atoms with E-state index < -0.39 is 0 Å². The molecular weight excluding hydrogens is 88.1 g/mol. The Morgan fingerprint density at radius 2 is 2.00 bits per heavy atom. The van der Waals surface area contributed by atoms with Crippen LogP contribution in [0.3, 0.4) is 0 Å². The smallest absolute Gasteiger partial charge is 0.0686 e. The van der Waals surface area contributed by atoms with E-state index in [0.717, 1.165) is 5.92 Å². The van der Waals surface area contributed by atoms with Crippen LogP contribution in [0.15, 0.2) is 0 Å². The van der Waals surface area contributed by atoms with E-state index in [4.69, 9.17) is 4.74 Å². The van der Waals surface area contributed by atoms with Crippen LogP contribution in [0, 0.1) is 5.92 Å². The van der Waals surface area contributed by atoms with Gasteiger partial charge in [0.15, 0.2) is 0 Å². The third-order valence-corrected chi connectivity index (χ3v) is 2.42. The monoisotopic (exact) mass is 98.1 g/mol. The summed E-state index contributed by atoms with van der Waals surface area (Å²) >= 11 is 0. The van der Waals surface area contributed by atoms with Crippen molar-refractivity contribution in [2.24, 2.45) is 5.92 Å². The molecule has 0 amide bonds. The summed E-state index contributed by atoms with van der Waals surface area (Å²) in [5.74, 6) is 1.06. The summed E-state index contributed by atoms with van der Waals surface area (Å²) in [4.78, 5) is 0. The van der Waals surface area contributed by atoms with Gasteiger partial charge in [-0.2, -0.15) is 0 Å². The van der Waals surface area contributed by atoms with E-state index in [2.05, 4.69) is 0 Å². The molecule has 3 rings (SSSR count). The minimum Gasteiger partial charge on any atom is -0.378 e. The molecule has 0 aromatic carbocycles. The second-order valence-corrected chi connectivity index (χ2v) is 2.87. The topological polar surface area (TPSA) is 9.23 Å². The van der Waals surface area contributed by atoms with Gasteiger partial charge in [0.1, 0.15) is 0 Å². The molecule has 0 aromatic heterocycles. The molecule has 3 fully saturated rings. The maximum Gasteiger partial charge on any atom is 0.0686 e. The van der Waals surface area contributed by atoms with E-state index in [1.54, 1.807) is 0 Å². The van der Waals surface area contributed by atoms with Crippen molar-refractivity contribution in [2.45, 2.75) is 24.9 Å². The first-order valence-corrected chi connectivity index (χ1v) is 2.90. The highest BCUT2D eigenvalue weighted by Gasteiger charge is 2.57. The molecule has 0 heterocycles. The van der Waals surface area contributed by atoms with Gasteiger partial charge in [-0.25, -0.2) is 0 Å². The highest BCUT2D eigenvalue weighted by Crippen LogP contribution is 2.58. The van der Waals surface area contributed by atoms with Gasteiger partial charge < -0.3 is 4.74 Å². The average molecular weight is 98.1 g/mol. The van der Waals surface area contributed by atoms with Gasteiger partial charge in [0.2, 0.25) is 0 Å². The fraction of sp³-hybridized carbons (Fsp3) is 1.00. The Hall–Kier alpha value is -0.0400. The van der Waals surface area contributed by atoms with E-state index in [1.807, 2.05) is 7.11 Å². The Kier molecular flexibility index (Phi) is 0.487. The molecular formula is C6H10O. The van der Waals surface area contributed by atoms with Crippen LogP contribution in [0.25, 0.3) is 0 Å². The molecule has 7 heavy (non-hydrogen) atoms. The summed E-state index contributed by atoms with van der Waals surface area (Å²) in [5, 5.41) is 0. The highest BCUT2D eigenvalue weighted by atomic mass is 16.5. The van der Waals surface area contributed by atoms with Crippen molar-refractivity contribution in [3.63, 3.8) is 0 Å². The Labute approximate surface area is 43.7 Å². The first kappa shape index (κ1) is 3.90. The molecule has 40 valence electrons. The molecule has 3 aliphatic carbocycles.